The molecule has 1 aromatic heterocycles. The van der Waals surface area contributed by atoms with Crippen LogP contribution in [0.2, 0.25) is 0 Å². The van der Waals surface area contributed by atoms with Crippen molar-refractivity contribution in [3.05, 3.63) is 34.8 Å². The van der Waals surface area contributed by atoms with Gasteiger partial charge >= 0.3 is 0 Å². The Labute approximate surface area is 175 Å². The molecule has 0 aliphatic carbocycles. The van der Waals surface area contributed by atoms with E-state index in [1.54, 1.807) is 6.21 Å². The van der Waals surface area contributed by atoms with E-state index in [1.807, 2.05) is 45.0 Å². The van der Waals surface area contributed by atoms with Crippen molar-refractivity contribution in [2.45, 2.75) is 41.0 Å². The Hall–Kier alpha value is -2.81. The monoisotopic (exact) mass is 416 g/mol. The fourth-order valence-electron chi connectivity index (χ4n) is 2.38. The van der Waals surface area contributed by atoms with E-state index in [-0.39, 0.29) is 18.2 Å². The van der Waals surface area contributed by atoms with Crippen molar-refractivity contribution >= 4 is 40.2 Å². The summed E-state index contributed by atoms with van der Waals surface area (Å²) in [5.74, 6) is -0.452. The van der Waals surface area contributed by atoms with Crippen LogP contribution in [0.1, 0.15) is 45.2 Å². The number of carbonyl (C=O) groups is 2. The van der Waals surface area contributed by atoms with Crippen LogP contribution in [0.15, 0.2) is 29.4 Å². The average Bonchev–Trinajstić information content (AvgIpc) is 3.10. The first kappa shape index (κ1) is 22.5. The number of anilines is 2. The Bertz CT molecular complexity index is 851. The summed E-state index contributed by atoms with van der Waals surface area (Å²) in [4.78, 5) is 26.2. The van der Waals surface area contributed by atoms with E-state index in [9.17, 15) is 9.59 Å². The van der Waals surface area contributed by atoms with Crippen molar-refractivity contribution in [3.63, 3.8) is 0 Å². The molecule has 9 heteroatoms. The van der Waals surface area contributed by atoms with E-state index in [0.717, 1.165) is 24.3 Å². The third-order valence-corrected chi connectivity index (χ3v) is 4.94. The standard InChI is InChI=1S/C20H28N6O2S/c1-6-26(7-2)15-10-8-14(9-11-15)13-21-23-16(27)12-17-24-25-19(29-17)22-18(28)20(3,4)5/h8-11,13H,6-7,12H2,1-5H3,(H,23,27)(H,22,25,28)/b21-13-. The summed E-state index contributed by atoms with van der Waals surface area (Å²) in [7, 11) is 0. The van der Waals surface area contributed by atoms with E-state index in [2.05, 4.69) is 44.8 Å². The molecule has 0 saturated carbocycles. The van der Waals surface area contributed by atoms with Gasteiger partial charge in [-0.15, -0.1) is 10.2 Å². The first-order chi connectivity index (χ1) is 13.7. The van der Waals surface area contributed by atoms with Crippen LogP contribution in [-0.4, -0.2) is 41.3 Å². The van der Waals surface area contributed by atoms with Gasteiger partial charge in [0.05, 0.1) is 12.6 Å². The maximum Gasteiger partial charge on any atom is 0.247 e. The van der Waals surface area contributed by atoms with Gasteiger partial charge in [-0.3, -0.25) is 9.59 Å². The van der Waals surface area contributed by atoms with Crippen LogP contribution in [0, 0.1) is 5.41 Å². The van der Waals surface area contributed by atoms with E-state index in [0.29, 0.717) is 10.1 Å². The number of rotatable bonds is 8. The van der Waals surface area contributed by atoms with Gasteiger partial charge in [0.25, 0.3) is 0 Å². The van der Waals surface area contributed by atoms with Gasteiger partial charge in [0.15, 0.2) is 0 Å². The highest BCUT2D eigenvalue weighted by molar-refractivity contribution is 7.15. The number of nitrogens with zero attached hydrogens (tertiary/aromatic N) is 4. The van der Waals surface area contributed by atoms with Crippen LogP contribution in [0.4, 0.5) is 10.8 Å². The molecule has 8 nitrogen and oxygen atoms in total. The highest BCUT2D eigenvalue weighted by Crippen LogP contribution is 2.20. The topological polar surface area (TPSA) is 99.6 Å². The van der Waals surface area contributed by atoms with Gasteiger partial charge in [-0.25, -0.2) is 5.43 Å². The van der Waals surface area contributed by atoms with Gasteiger partial charge in [-0.05, 0) is 31.5 Å². The maximum atomic E-state index is 12.0. The summed E-state index contributed by atoms with van der Waals surface area (Å²) in [5, 5.41) is 15.4. The second-order valence-electron chi connectivity index (χ2n) is 7.44. The minimum atomic E-state index is -0.526. The van der Waals surface area contributed by atoms with Crippen LogP contribution < -0.4 is 15.6 Å². The molecule has 2 amide bonds. The Balaban J connectivity index is 1.85. The number of aromatic nitrogens is 2. The summed E-state index contributed by atoms with van der Waals surface area (Å²) >= 11 is 1.17. The molecule has 0 bridgehead atoms. The number of amides is 2. The van der Waals surface area contributed by atoms with Gasteiger partial charge in [-0.2, -0.15) is 5.10 Å². The molecule has 2 N–H and O–H groups in total. The Morgan fingerprint density at radius 1 is 1.14 bits per heavy atom. The minimum absolute atomic E-state index is 0.0429. The highest BCUT2D eigenvalue weighted by atomic mass is 32.1. The molecule has 1 aromatic carbocycles. The van der Waals surface area contributed by atoms with Crippen LogP contribution in [0.3, 0.4) is 0 Å². The van der Waals surface area contributed by atoms with E-state index in [1.165, 1.54) is 11.3 Å². The van der Waals surface area contributed by atoms with Crippen LogP contribution in [-0.2, 0) is 16.0 Å². The molecule has 1 heterocycles. The normalized spacial score (nSPS) is 11.5. The zero-order valence-corrected chi connectivity index (χ0v) is 18.3. The Morgan fingerprint density at radius 2 is 1.79 bits per heavy atom. The fraction of sp³-hybridized carbons (Fsp3) is 0.450. The number of benzene rings is 1. The summed E-state index contributed by atoms with van der Waals surface area (Å²) in [6, 6.07) is 7.98. The SMILES string of the molecule is CCN(CC)c1ccc(/C=N\NC(=O)Cc2nnc(NC(=O)C(C)(C)C)s2)cc1. The number of hydrogen-bond donors (Lipinski definition) is 2. The molecule has 0 saturated heterocycles. The Morgan fingerprint density at radius 3 is 2.38 bits per heavy atom. The predicted octanol–water partition coefficient (Wildman–Crippen LogP) is 3.06. The molecule has 0 aliphatic rings. The first-order valence-electron chi connectivity index (χ1n) is 9.53. The molecule has 0 aliphatic heterocycles. The molecule has 0 fully saturated rings. The summed E-state index contributed by atoms with van der Waals surface area (Å²) in [5.41, 5.74) is 4.01. The summed E-state index contributed by atoms with van der Waals surface area (Å²) < 4.78 is 0. The fourth-order valence-corrected chi connectivity index (χ4v) is 3.11. The number of hydrogen-bond acceptors (Lipinski definition) is 7. The zero-order chi connectivity index (χ0) is 21.4. The lowest BCUT2D eigenvalue weighted by atomic mass is 9.96. The third kappa shape index (κ3) is 6.94. The molecule has 156 valence electrons. The quantitative estimate of drug-likeness (QED) is 0.509. The third-order valence-electron chi connectivity index (χ3n) is 4.10. The van der Waals surface area contributed by atoms with E-state index < -0.39 is 5.41 Å². The highest BCUT2D eigenvalue weighted by Gasteiger charge is 2.22. The molecular weight excluding hydrogens is 388 g/mol. The predicted molar refractivity (Wildman–Crippen MR) is 117 cm³/mol. The molecule has 0 atom stereocenters. The second kappa shape index (κ2) is 10.1. The Kier molecular flexibility index (Phi) is 7.83. The van der Waals surface area contributed by atoms with Crippen molar-refractivity contribution in [2.75, 3.05) is 23.3 Å². The minimum Gasteiger partial charge on any atom is -0.372 e. The smallest absolute Gasteiger partial charge is 0.247 e. The largest absolute Gasteiger partial charge is 0.372 e. The summed E-state index contributed by atoms with van der Waals surface area (Å²) in [6.45, 7) is 11.6. The van der Waals surface area contributed by atoms with Gasteiger partial charge in [-0.1, -0.05) is 44.2 Å². The zero-order valence-electron chi connectivity index (χ0n) is 17.5. The molecule has 29 heavy (non-hydrogen) atoms. The van der Waals surface area contributed by atoms with Gasteiger partial charge < -0.3 is 10.2 Å². The number of carbonyl (C=O) groups excluding carboxylic acids is 2. The average molecular weight is 417 g/mol. The number of hydrazone groups is 1. The molecule has 0 unspecified atom stereocenters. The lowest BCUT2D eigenvalue weighted by Gasteiger charge is -2.20. The summed E-state index contributed by atoms with van der Waals surface area (Å²) in [6.07, 6.45) is 1.64. The van der Waals surface area contributed by atoms with Crippen LogP contribution in [0.25, 0.3) is 0 Å². The second-order valence-corrected chi connectivity index (χ2v) is 8.50. The molecule has 2 rings (SSSR count). The van der Waals surface area contributed by atoms with E-state index in [4.69, 9.17) is 0 Å². The lowest BCUT2D eigenvalue weighted by molar-refractivity contribution is -0.123. The van der Waals surface area contributed by atoms with Crippen molar-refractivity contribution in [1.82, 2.24) is 15.6 Å². The van der Waals surface area contributed by atoms with Gasteiger partial charge in [0, 0.05) is 24.2 Å². The maximum absolute atomic E-state index is 12.0. The van der Waals surface area contributed by atoms with Gasteiger partial charge in [0.1, 0.15) is 5.01 Å². The molecule has 2 aromatic rings. The molecular formula is C20H28N6O2S. The molecule has 0 spiro atoms. The van der Waals surface area contributed by atoms with Gasteiger partial charge in [0.2, 0.25) is 16.9 Å². The van der Waals surface area contributed by atoms with Crippen molar-refractivity contribution in [2.24, 2.45) is 10.5 Å². The van der Waals surface area contributed by atoms with Crippen molar-refractivity contribution in [1.29, 1.82) is 0 Å². The molecule has 0 radical (unpaired) electrons. The lowest BCUT2D eigenvalue weighted by Crippen LogP contribution is -2.27. The number of nitrogens with one attached hydrogen (secondary N) is 2. The van der Waals surface area contributed by atoms with E-state index >= 15 is 0 Å². The van der Waals surface area contributed by atoms with Crippen LogP contribution in [0.5, 0.6) is 0 Å². The van der Waals surface area contributed by atoms with Crippen LogP contribution >= 0.6 is 11.3 Å². The first-order valence-corrected chi connectivity index (χ1v) is 10.3. The van der Waals surface area contributed by atoms with Crippen molar-refractivity contribution < 1.29 is 9.59 Å². The van der Waals surface area contributed by atoms with Crippen molar-refractivity contribution in [3.8, 4) is 0 Å².